The number of hydrogen-bond acceptors (Lipinski definition) is 5. The molecule has 0 spiro atoms. The molecule has 0 atom stereocenters. The van der Waals surface area contributed by atoms with E-state index < -0.39 is 0 Å². The molecule has 1 aliphatic rings. The lowest BCUT2D eigenvalue weighted by molar-refractivity contribution is -0.132. The third kappa shape index (κ3) is 4.39. The molecule has 2 aromatic rings. The van der Waals surface area contributed by atoms with E-state index in [1.54, 1.807) is 11.0 Å². The summed E-state index contributed by atoms with van der Waals surface area (Å²) in [6, 6.07) is 9.84. The first-order chi connectivity index (χ1) is 11.7. The van der Waals surface area contributed by atoms with Crippen LogP contribution in [-0.4, -0.2) is 70.5 Å². The van der Waals surface area contributed by atoms with E-state index in [0.29, 0.717) is 13.0 Å². The zero-order valence-electron chi connectivity index (χ0n) is 14.1. The molecular weight excluding hydrogens is 304 g/mol. The van der Waals surface area contributed by atoms with Crippen LogP contribution in [0.2, 0.25) is 0 Å². The summed E-state index contributed by atoms with van der Waals surface area (Å²) in [6.45, 7) is 4.82. The second-order valence-electron chi connectivity index (χ2n) is 6.08. The molecule has 1 amide bonds. The molecule has 0 saturated carbocycles. The average Bonchev–Trinajstić information content (AvgIpc) is 3.09. The molecule has 1 saturated heterocycles. The Kier molecular flexibility index (Phi) is 5.55. The number of nitrogens with one attached hydrogen (secondary N) is 1. The van der Waals surface area contributed by atoms with Crippen molar-refractivity contribution in [3.63, 3.8) is 0 Å². The van der Waals surface area contributed by atoms with Gasteiger partial charge in [0.25, 0.3) is 0 Å². The highest BCUT2D eigenvalue weighted by Crippen LogP contribution is 2.06. The number of amides is 1. The van der Waals surface area contributed by atoms with Crippen LogP contribution in [0.1, 0.15) is 12.1 Å². The number of carbonyl (C=O) groups excluding carboxylic acids is 1. The normalized spacial score (nSPS) is 15.0. The largest absolute Gasteiger partial charge is 0.340 e. The molecule has 1 N–H and O–H groups in total. The van der Waals surface area contributed by atoms with E-state index in [1.165, 1.54) is 0 Å². The topological polar surface area (TPSA) is 66.3 Å². The van der Waals surface area contributed by atoms with Crippen LogP contribution in [0.3, 0.4) is 0 Å². The highest BCUT2D eigenvalue weighted by Gasteiger charge is 2.16. The van der Waals surface area contributed by atoms with Gasteiger partial charge in [-0.15, -0.1) is 0 Å². The van der Waals surface area contributed by atoms with Crippen molar-refractivity contribution in [3.8, 4) is 5.69 Å². The zero-order chi connectivity index (χ0) is 16.8. The summed E-state index contributed by atoms with van der Waals surface area (Å²) < 4.78 is 0. The fraction of sp³-hybridized carbons (Fsp3) is 0.471. The third-order valence-corrected chi connectivity index (χ3v) is 4.14. The van der Waals surface area contributed by atoms with Crippen molar-refractivity contribution < 1.29 is 4.79 Å². The number of benzene rings is 1. The SMILES string of the molecule is CN(CCC(=O)N1CCNCC1)Cc1cnn(-c2ccccc2)n1. The lowest BCUT2D eigenvalue weighted by Gasteiger charge is -2.28. The number of aromatic nitrogens is 3. The summed E-state index contributed by atoms with van der Waals surface area (Å²) >= 11 is 0. The number of para-hydroxylation sites is 1. The Morgan fingerprint density at radius 3 is 2.75 bits per heavy atom. The van der Waals surface area contributed by atoms with Crippen LogP contribution in [0, 0.1) is 0 Å². The van der Waals surface area contributed by atoms with E-state index in [4.69, 9.17) is 0 Å². The van der Waals surface area contributed by atoms with Gasteiger partial charge in [-0.2, -0.15) is 15.0 Å². The molecule has 2 heterocycles. The smallest absolute Gasteiger partial charge is 0.223 e. The molecule has 0 radical (unpaired) electrons. The molecule has 24 heavy (non-hydrogen) atoms. The maximum atomic E-state index is 12.2. The first-order valence-corrected chi connectivity index (χ1v) is 8.36. The zero-order valence-corrected chi connectivity index (χ0v) is 14.1. The molecule has 0 bridgehead atoms. The Labute approximate surface area is 142 Å². The van der Waals surface area contributed by atoms with Gasteiger partial charge in [0.1, 0.15) is 0 Å². The highest BCUT2D eigenvalue weighted by molar-refractivity contribution is 5.76. The van der Waals surface area contributed by atoms with Crippen LogP contribution in [0.25, 0.3) is 5.69 Å². The van der Waals surface area contributed by atoms with Crippen molar-refractivity contribution in [1.29, 1.82) is 0 Å². The summed E-state index contributed by atoms with van der Waals surface area (Å²) in [5.74, 6) is 0.233. The molecule has 0 aliphatic carbocycles. The molecule has 3 rings (SSSR count). The van der Waals surface area contributed by atoms with E-state index in [9.17, 15) is 4.79 Å². The summed E-state index contributed by atoms with van der Waals surface area (Å²) in [7, 11) is 2.01. The van der Waals surface area contributed by atoms with Crippen LogP contribution in [0.4, 0.5) is 0 Å². The van der Waals surface area contributed by atoms with Crippen LogP contribution in [-0.2, 0) is 11.3 Å². The first kappa shape index (κ1) is 16.6. The maximum absolute atomic E-state index is 12.2. The molecule has 7 nitrogen and oxygen atoms in total. The fourth-order valence-electron chi connectivity index (χ4n) is 2.77. The highest BCUT2D eigenvalue weighted by atomic mass is 16.2. The molecule has 0 unspecified atom stereocenters. The molecule has 1 aromatic heterocycles. The van der Waals surface area contributed by atoms with Crippen molar-refractivity contribution in [3.05, 3.63) is 42.2 Å². The number of nitrogens with zero attached hydrogens (tertiary/aromatic N) is 5. The predicted octanol–water partition coefficient (Wildman–Crippen LogP) is 0.521. The van der Waals surface area contributed by atoms with Crippen molar-refractivity contribution in [2.45, 2.75) is 13.0 Å². The Balaban J connectivity index is 1.47. The van der Waals surface area contributed by atoms with Gasteiger partial charge >= 0.3 is 0 Å². The van der Waals surface area contributed by atoms with Gasteiger partial charge in [0, 0.05) is 45.7 Å². The molecular formula is C17H24N6O. The van der Waals surface area contributed by atoms with Gasteiger partial charge in [0.2, 0.25) is 5.91 Å². The first-order valence-electron chi connectivity index (χ1n) is 8.36. The van der Waals surface area contributed by atoms with Gasteiger partial charge < -0.3 is 10.2 Å². The lowest BCUT2D eigenvalue weighted by Crippen LogP contribution is -2.47. The van der Waals surface area contributed by atoms with E-state index in [0.717, 1.165) is 44.1 Å². The monoisotopic (exact) mass is 328 g/mol. The maximum Gasteiger partial charge on any atom is 0.223 e. The third-order valence-electron chi connectivity index (χ3n) is 4.14. The van der Waals surface area contributed by atoms with Gasteiger partial charge in [-0.3, -0.25) is 9.69 Å². The predicted molar refractivity (Wildman–Crippen MR) is 91.8 cm³/mol. The number of piperazine rings is 1. The van der Waals surface area contributed by atoms with Gasteiger partial charge in [0.05, 0.1) is 17.6 Å². The Morgan fingerprint density at radius 2 is 2.00 bits per heavy atom. The summed E-state index contributed by atoms with van der Waals surface area (Å²) in [4.78, 5) is 17.9. The summed E-state index contributed by atoms with van der Waals surface area (Å²) in [5.41, 5.74) is 1.84. The Bertz CT molecular complexity index is 650. The van der Waals surface area contributed by atoms with Crippen LogP contribution < -0.4 is 5.32 Å². The second kappa shape index (κ2) is 8.03. The number of carbonyl (C=O) groups is 1. The van der Waals surface area contributed by atoms with Gasteiger partial charge in [-0.1, -0.05) is 18.2 Å². The van der Waals surface area contributed by atoms with Crippen LogP contribution >= 0.6 is 0 Å². The van der Waals surface area contributed by atoms with Gasteiger partial charge in [0.15, 0.2) is 0 Å². The fourth-order valence-corrected chi connectivity index (χ4v) is 2.77. The van der Waals surface area contributed by atoms with Crippen molar-refractivity contribution >= 4 is 5.91 Å². The standard InChI is InChI=1S/C17H24N6O/c1-21(10-7-17(24)22-11-8-18-9-12-22)14-15-13-19-23(20-15)16-5-3-2-4-6-16/h2-6,13,18H,7-12,14H2,1H3. The minimum Gasteiger partial charge on any atom is -0.340 e. The average molecular weight is 328 g/mol. The van der Waals surface area contributed by atoms with Crippen molar-refractivity contribution in [1.82, 2.24) is 30.1 Å². The number of rotatable bonds is 6. The van der Waals surface area contributed by atoms with E-state index in [2.05, 4.69) is 20.4 Å². The molecule has 7 heteroatoms. The van der Waals surface area contributed by atoms with Crippen LogP contribution in [0.15, 0.2) is 36.5 Å². The lowest BCUT2D eigenvalue weighted by atomic mass is 10.3. The molecule has 1 aliphatic heterocycles. The van der Waals surface area contributed by atoms with Gasteiger partial charge in [-0.05, 0) is 19.2 Å². The minimum absolute atomic E-state index is 0.233. The van der Waals surface area contributed by atoms with Crippen molar-refractivity contribution in [2.75, 3.05) is 39.8 Å². The van der Waals surface area contributed by atoms with Crippen LogP contribution in [0.5, 0.6) is 0 Å². The Hall–Kier alpha value is -2.25. The minimum atomic E-state index is 0.233. The van der Waals surface area contributed by atoms with E-state index in [1.807, 2.05) is 42.3 Å². The second-order valence-corrected chi connectivity index (χ2v) is 6.08. The van der Waals surface area contributed by atoms with E-state index >= 15 is 0 Å². The summed E-state index contributed by atoms with van der Waals surface area (Å²) in [6.07, 6.45) is 2.32. The van der Waals surface area contributed by atoms with E-state index in [-0.39, 0.29) is 5.91 Å². The quantitative estimate of drug-likeness (QED) is 0.837. The molecule has 128 valence electrons. The Morgan fingerprint density at radius 1 is 1.25 bits per heavy atom. The molecule has 1 aromatic carbocycles. The molecule has 1 fully saturated rings. The van der Waals surface area contributed by atoms with Crippen molar-refractivity contribution in [2.24, 2.45) is 0 Å². The number of hydrogen-bond donors (Lipinski definition) is 1. The summed E-state index contributed by atoms with van der Waals surface area (Å²) in [5, 5.41) is 12.1. The van der Waals surface area contributed by atoms with Gasteiger partial charge in [-0.25, -0.2) is 0 Å².